The SMILES string of the molecule is C[C@@H]1O[C@@H](O[C@H]2[C@H](OC(=O)c3ccccc3)[C@@H](OC(=O)c3ccccc3)[C@@H](O)O[C@@H]2COC(=O)c2ccccc2)[C@@H](OCc2ccccc2)[C@H](OCc2ccccc2)[C@@H]1OCc1ccccc1. The second kappa shape index (κ2) is 23.3. The highest BCUT2D eigenvalue weighted by molar-refractivity contribution is 5.90. The van der Waals surface area contributed by atoms with Gasteiger partial charge in [0.2, 0.25) is 0 Å². The van der Waals surface area contributed by atoms with E-state index >= 15 is 0 Å². The molecule has 2 saturated heterocycles. The number of aliphatic hydroxyl groups excluding tert-OH is 1. The Hall–Kier alpha value is -6.55. The van der Waals surface area contributed by atoms with E-state index in [1.165, 1.54) is 0 Å². The summed E-state index contributed by atoms with van der Waals surface area (Å²) in [6.45, 7) is 1.84. The maximum Gasteiger partial charge on any atom is 0.338 e. The molecule has 0 aliphatic carbocycles. The molecular weight excluding hydrogens is 857 g/mol. The first kappa shape index (κ1) is 47.0. The molecule has 10 atom stereocenters. The predicted molar refractivity (Wildman–Crippen MR) is 243 cm³/mol. The van der Waals surface area contributed by atoms with Crippen LogP contribution in [0.25, 0.3) is 0 Å². The molecule has 0 aromatic heterocycles. The van der Waals surface area contributed by atoms with E-state index in [0.29, 0.717) is 0 Å². The van der Waals surface area contributed by atoms with E-state index in [2.05, 4.69) is 0 Å². The quantitative estimate of drug-likeness (QED) is 0.0657. The molecule has 0 bridgehead atoms. The van der Waals surface area contributed by atoms with Gasteiger partial charge in [0.05, 0.1) is 42.6 Å². The Morgan fingerprint density at radius 3 is 1.30 bits per heavy atom. The smallest absolute Gasteiger partial charge is 0.338 e. The third kappa shape index (κ3) is 12.5. The van der Waals surface area contributed by atoms with Gasteiger partial charge < -0.3 is 47.7 Å². The average molecular weight is 909 g/mol. The van der Waals surface area contributed by atoms with Crippen molar-refractivity contribution >= 4 is 17.9 Å². The van der Waals surface area contributed by atoms with Crippen LogP contribution < -0.4 is 0 Å². The number of hydrogen-bond donors (Lipinski definition) is 1. The van der Waals surface area contributed by atoms with Crippen LogP contribution in [-0.2, 0) is 62.5 Å². The van der Waals surface area contributed by atoms with Crippen molar-refractivity contribution in [3.05, 3.63) is 215 Å². The highest BCUT2D eigenvalue weighted by Gasteiger charge is 2.55. The van der Waals surface area contributed by atoms with Crippen molar-refractivity contribution in [3.8, 4) is 0 Å². The number of aliphatic hydroxyl groups is 1. The minimum absolute atomic E-state index is 0.0987. The normalized spacial score (nSPS) is 24.8. The molecule has 6 aromatic carbocycles. The Balaban J connectivity index is 1.18. The number of ether oxygens (including phenoxy) is 9. The van der Waals surface area contributed by atoms with Crippen molar-refractivity contribution in [2.24, 2.45) is 0 Å². The number of carbonyl (C=O) groups is 3. The van der Waals surface area contributed by atoms with Crippen LogP contribution in [-0.4, -0.2) is 91.0 Å². The molecular formula is C54H52O13. The van der Waals surface area contributed by atoms with E-state index in [4.69, 9.17) is 42.6 Å². The summed E-state index contributed by atoms with van der Waals surface area (Å²) in [5.74, 6) is -2.34. The molecule has 0 unspecified atom stereocenters. The average Bonchev–Trinajstić information content (AvgIpc) is 3.37. The molecule has 2 aliphatic rings. The summed E-state index contributed by atoms with van der Waals surface area (Å²) in [5.41, 5.74) is 3.27. The molecule has 0 radical (unpaired) electrons. The van der Waals surface area contributed by atoms with Gasteiger partial charge in [0, 0.05) is 0 Å². The number of rotatable bonds is 18. The fraction of sp³-hybridized carbons (Fsp3) is 0.278. The van der Waals surface area contributed by atoms with E-state index in [1.807, 2.05) is 97.9 Å². The number of esters is 3. The van der Waals surface area contributed by atoms with Crippen molar-refractivity contribution in [1.29, 1.82) is 0 Å². The fourth-order valence-electron chi connectivity index (χ4n) is 7.93. The number of carbonyl (C=O) groups excluding carboxylic acids is 3. The summed E-state index contributed by atoms with van der Waals surface area (Å²) >= 11 is 0. The molecule has 8 rings (SSSR count). The van der Waals surface area contributed by atoms with Gasteiger partial charge in [-0.05, 0) is 60.0 Å². The zero-order valence-electron chi connectivity index (χ0n) is 36.8. The molecule has 2 aliphatic heterocycles. The van der Waals surface area contributed by atoms with Crippen LogP contribution in [0.15, 0.2) is 182 Å². The van der Waals surface area contributed by atoms with E-state index in [9.17, 15) is 19.5 Å². The summed E-state index contributed by atoms with van der Waals surface area (Å²) in [7, 11) is 0. The lowest BCUT2D eigenvalue weighted by atomic mass is 9.96. The Labute approximate surface area is 389 Å². The molecule has 1 N–H and O–H groups in total. The van der Waals surface area contributed by atoms with Gasteiger partial charge in [-0.1, -0.05) is 146 Å². The summed E-state index contributed by atoms with van der Waals surface area (Å²) in [5, 5.41) is 11.7. The highest BCUT2D eigenvalue weighted by atomic mass is 16.8. The first-order valence-electron chi connectivity index (χ1n) is 22.2. The van der Waals surface area contributed by atoms with Gasteiger partial charge in [0.25, 0.3) is 0 Å². The predicted octanol–water partition coefficient (Wildman–Crippen LogP) is 7.90. The first-order valence-corrected chi connectivity index (χ1v) is 22.2. The fourth-order valence-corrected chi connectivity index (χ4v) is 7.93. The third-order valence-corrected chi connectivity index (χ3v) is 11.4. The van der Waals surface area contributed by atoms with E-state index in [1.54, 1.807) is 91.0 Å². The molecule has 0 amide bonds. The van der Waals surface area contributed by atoms with Crippen molar-refractivity contribution in [3.63, 3.8) is 0 Å². The van der Waals surface area contributed by atoms with E-state index in [0.717, 1.165) is 16.7 Å². The van der Waals surface area contributed by atoms with Gasteiger partial charge in [-0.15, -0.1) is 0 Å². The first-order chi connectivity index (χ1) is 32.8. The van der Waals surface area contributed by atoms with Gasteiger partial charge in [-0.25, -0.2) is 14.4 Å². The third-order valence-electron chi connectivity index (χ3n) is 11.4. The monoisotopic (exact) mass is 908 g/mol. The lowest BCUT2D eigenvalue weighted by Crippen LogP contribution is -2.66. The topological polar surface area (TPSA) is 155 Å². The van der Waals surface area contributed by atoms with Crippen LogP contribution >= 0.6 is 0 Å². The molecule has 13 nitrogen and oxygen atoms in total. The minimum atomic E-state index is -1.89. The molecule has 2 heterocycles. The van der Waals surface area contributed by atoms with Gasteiger partial charge in [-0.2, -0.15) is 0 Å². The Bertz CT molecular complexity index is 2450. The molecule has 346 valence electrons. The van der Waals surface area contributed by atoms with Crippen molar-refractivity contribution in [2.75, 3.05) is 6.61 Å². The van der Waals surface area contributed by atoms with Crippen LogP contribution in [0, 0.1) is 0 Å². The molecule has 6 aromatic rings. The molecule has 13 heteroatoms. The minimum Gasteiger partial charge on any atom is -0.459 e. The molecule has 2 fully saturated rings. The van der Waals surface area contributed by atoms with Gasteiger partial charge >= 0.3 is 17.9 Å². The summed E-state index contributed by atoms with van der Waals surface area (Å²) in [6.07, 6.45) is -12.6. The lowest BCUT2D eigenvalue weighted by molar-refractivity contribution is -0.362. The lowest BCUT2D eigenvalue weighted by Gasteiger charge is -2.48. The molecule has 0 spiro atoms. The Kier molecular flexibility index (Phi) is 16.3. The summed E-state index contributed by atoms with van der Waals surface area (Å²) in [6, 6.07) is 53.6. The molecule has 0 saturated carbocycles. The van der Waals surface area contributed by atoms with Crippen LogP contribution in [0.5, 0.6) is 0 Å². The van der Waals surface area contributed by atoms with Crippen molar-refractivity contribution in [1.82, 2.24) is 0 Å². The van der Waals surface area contributed by atoms with Gasteiger partial charge in [0.1, 0.15) is 37.1 Å². The van der Waals surface area contributed by atoms with Crippen LogP contribution in [0.3, 0.4) is 0 Å². The number of benzene rings is 6. The Morgan fingerprint density at radius 1 is 0.448 bits per heavy atom. The van der Waals surface area contributed by atoms with E-state index < -0.39 is 85.9 Å². The van der Waals surface area contributed by atoms with Crippen molar-refractivity contribution < 1.29 is 62.1 Å². The largest absolute Gasteiger partial charge is 0.459 e. The second-order valence-electron chi connectivity index (χ2n) is 16.1. The molecule has 67 heavy (non-hydrogen) atoms. The van der Waals surface area contributed by atoms with Gasteiger partial charge in [-0.3, -0.25) is 0 Å². The van der Waals surface area contributed by atoms with E-state index in [-0.39, 0.29) is 36.5 Å². The van der Waals surface area contributed by atoms with Crippen LogP contribution in [0.1, 0.15) is 54.7 Å². The standard InChI is InChI=1S/C54H52O13/c1-36-44(59-32-37-20-8-2-9-21-37)46(60-33-38-22-10-3-11-23-38)49(61-34-39-24-12-4-13-25-39)54(63-36)67-45-43(35-62-50(55)40-26-14-5-15-27-40)64-53(58)48(66-52(57)42-30-18-7-19-31-42)47(45)65-51(56)41-28-16-6-17-29-41/h2-31,36,43-49,53-54,58H,32-35H2,1H3/t36-,43+,44+,45+,46+,47-,48+,49-,53-,54-/m0/s1. The zero-order valence-corrected chi connectivity index (χ0v) is 36.8. The van der Waals surface area contributed by atoms with Crippen molar-refractivity contribution in [2.45, 2.75) is 88.2 Å². The summed E-state index contributed by atoms with van der Waals surface area (Å²) < 4.78 is 58.1. The second-order valence-corrected chi connectivity index (χ2v) is 16.1. The summed E-state index contributed by atoms with van der Waals surface area (Å²) in [4.78, 5) is 41.2. The van der Waals surface area contributed by atoms with Crippen LogP contribution in [0.2, 0.25) is 0 Å². The van der Waals surface area contributed by atoms with Crippen LogP contribution in [0.4, 0.5) is 0 Å². The maximum absolute atomic E-state index is 14.1. The highest BCUT2D eigenvalue weighted by Crippen LogP contribution is 2.36. The Morgan fingerprint density at radius 2 is 0.836 bits per heavy atom. The van der Waals surface area contributed by atoms with Gasteiger partial charge in [0.15, 0.2) is 24.8 Å². The zero-order chi connectivity index (χ0) is 46.4. The number of hydrogen-bond acceptors (Lipinski definition) is 13. The maximum atomic E-state index is 14.1.